The number of benzene rings is 1. The molecule has 1 saturated carbocycles. The predicted octanol–water partition coefficient (Wildman–Crippen LogP) is 5.18. The molecule has 1 saturated heterocycles. The van der Waals surface area contributed by atoms with Crippen LogP contribution >= 0.6 is 11.6 Å². The van der Waals surface area contributed by atoms with Gasteiger partial charge in [0, 0.05) is 30.0 Å². The van der Waals surface area contributed by atoms with Gasteiger partial charge >= 0.3 is 5.97 Å². The Kier molecular flexibility index (Phi) is 7.90. The van der Waals surface area contributed by atoms with Crippen LogP contribution < -0.4 is 5.32 Å². The molecule has 0 bridgehead atoms. The average Bonchev–Trinajstić information content (AvgIpc) is 3.21. The number of aromatic hydroxyl groups is 1. The maximum Gasteiger partial charge on any atom is 0.326 e. The van der Waals surface area contributed by atoms with Crippen LogP contribution in [0.4, 0.5) is 0 Å². The Balaban J connectivity index is 1.80. The molecule has 3 N–H and O–H groups in total. The SMILES string of the molecule is CC(C)(C)[C@@H]1[C@@H](NCc2cc(Cl)ncc2O)[C@@H](c2ccccc2)N(C(=O)C2CCCCC2)[C@H]1C(=O)O. The molecule has 1 aliphatic carbocycles. The van der Waals surface area contributed by atoms with Gasteiger partial charge < -0.3 is 20.4 Å². The van der Waals surface area contributed by atoms with Crippen LogP contribution in [0.5, 0.6) is 5.75 Å². The maximum atomic E-state index is 14.1. The van der Waals surface area contributed by atoms with Crippen molar-refractivity contribution >= 4 is 23.5 Å². The highest BCUT2D eigenvalue weighted by Crippen LogP contribution is 2.49. The zero-order chi connectivity index (χ0) is 26.0. The van der Waals surface area contributed by atoms with Crippen LogP contribution in [-0.2, 0) is 16.1 Å². The minimum atomic E-state index is -0.987. The van der Waals surface area contributed by atoms with Gasteiger partial charge in [-0.3, -0.25) is 4.79 Å². The number of carboxylic acid groups (broad SMARTS) is 1. The molecule has 0 spiro atoms. The zero-order valence-electron chi connectivity index (χ0n) is 21.2. The Labute approximate surface area is 217 Å². The molecule has 1 aromatic carbocycles. The van der Waals surface area contributed by atoms with E-state index in [0.29, 0.717) is 5.56 Å². The first-order valence-corrected chi connectivity index (χ1v) is 13.1. The Hall–Kier alpha value is -2.64. The quantitative estimate of drug-likeness (QED) is 0.460. The van der Waals surface area contributed by atoms with Crippen LogP contribution in [0, 0.1) is 17.3 Å². The molecule has 0 unspecified atom stereocenters. The molecular formula is C28H36ClN3O4. The molecule has 1 aliphatic heterocycles. The molecule has 36 heavy (non-hydrogen) atoms. The summed E-state index contributed by atoms with van der Waals surface area (Å²) >= 11 is 6.07. The number of carbonyl (C=O) groups excluding carboxylic acids is 1. The van der Waals surface area contributed by atoms with Crippen molar-refractivity contribution in [2.24, 2.45) is 17.3 Å². The Bertz CT molecular complexity index is 1080. The second kappa shape index (κ2) is 10.8. The van der Waals surface area contributed by atoms with Crippen LogP contribution in [-0.4, -0.2) is 44.1 Å². The van der Waals surface area contributed by atoms with E-state index in [4.69, 9.17) is 11.6 Å². The van der Waals surface area contributed by atoms with Crippen molar-refractivity contribution in [3.05, 3.63) is 58.9 Å². The summed E-state index contributed by atoms with van der Waals surface area (Å²) < 4.78 is 0. The Morgan fingerprint density at radius 2 is 1.81 bits per heavy atom. The predicted molar refractivity (Wildman–Crippen MR) is 139 cm³/mol. The fourth-order valence-corrected chi connectivity index (χ4v) is 6.30. The van der Waals surface area contributed by atoms with Gasteiger partial charge in [0.2, 0.25) is 5.91 Å². The van der Waals surface area contributed by atoms with E-state index in [1.807, 2.05) is 51.1 Å². The number of nitrogens with one attached hydrogen (secondary N) is 1. The smallest absolute Gasteiger partial charge is 0.326 e. The molecule has 8 heteroatoms. The number of aromatic nitrogens is 1. The number of carbonyl (C=O) groups is 2. The van der Waals surface area contributed by atoms with Gasteiger partial charge in [-0.1, -0.05) is 82.0 Å². The number of pyridine rings is 1. The third-order valence-corrected chi connectivity index (χ3v) is 7.94. The minimum absolute atomic E-state index is 0.0124. The van der Waals surface area contributed by atoms with Crippen molar-refractivity contribution in [3.63, 3.8) is 0 Å². The number of hydrogen-bond donors (Lipinski definition) is 3. The second-order valence-corrected chi connectivity index (χ2v) is 11.5. The first-order chi connectivity index (χ1) is 17.1. The molecule has 4 rings (SSSR count). The van der Waals surface area contributed by atoms with E-state index in [-0.39, 0.29) is 41.2 Å². The summed E-state index contributed by atoms with van der Waals surface area (Å²) in [6, 6.07) is 9.48. The lowest BCUT2D eigenvalue weighted by atomic mass is 9.72. The number of hydrogen-bond acceptors (Lipinski definition) is 5. The van der Waals surface area contributed by atoms with Crippen LogP contribution in [0.2, 0.25) is 5.15 Å². The molecule has 4 atom stereocenters. The number of likely N-dealkylation sites (tertiary alicyclic amines) is 1. The van der Waals surface area contributed by atoms with E-state index in [1.54, 1.807) is 11.0 Å². The highest BCUT2D eigenvalue weighted by atomic mass is 35.5. The van der Waals surface area contributed by atoms with Crippen molar-refractivity contribution in [1.82, 2.24) is 15.2 Å². The largest absolute Gasteiger partial charge is 0.506 e. The zero-order valence-corrected chi connectivity index (χ0v) is 21.9. The molecule has 0 radical (unpaired) electrons. The topological polar surface area (TPSA) is 103 Å². The summed E-state index contributed by atoms with van der Waals surface area (Å²) in [7, 11) is 0. The van der Waals surface area contributed by atoms with Crippen molar-refractivity contribution in [2.75, 3.05) is 0 Å². The summed E-state index contributed by atoms with van der Waals surface area (Å²) in [6.45, 7) is 6.34. The molecule has 7 nitrogen and oxygen atoms in total. The normalized spacial score (nSPS) is 25.2. The first-order valence-electron chi connectivity index (χ1n) is 12.8. The number of aliphatic carboxylic acids is 1. The fraction of sp³-hybridized carbons (Fsp3) is 0.536. The summed E-state index contributed by atoms with van der Waals surface area (Å²) in [5.41, 5.74) is 1.04. The Morgan fingerprint density at radius 3 is 2.42 bits per heavy atom. The van der Waals surface area contributed by atoms with Gasteiger partial charge in [0.1, 0.15) is 16.9 Å². The van der Waals surface area contributed by atoms with E-state index < -0.39 is 23.5 Å². The molecule has 1 aromatic heterocycles. The van der Waals surface area contributed by atoms with Gasteiger partial charge in [-0.2, -0.15) is 0 Å². The summed E-state index contributed by atoms with van der Waals surface area (Å²) in [5.74, 6) is -1.58. The van der Waals surface area contributed by atoms with Crippen molar-refractivity contribution in [1.29, 1.82) is 0 Å². The second-order valence-electron chi connectivity index (χ2n) is 11.2. The lowest BCUT2D eigenvalue weighted by molar-refractivity contribution is -0.154. The highest BCUT2D eigenvalue weighted by Gasteiger charge is 2.58. The number of carboxylic acids is 1. The van der Waals surface area contributed by atoms with E-state index in [1.165, 1.54) is 6.20 Å². The third kappa shape index (κ3) is 5.37. The summed E-state index contributed by atoms with van der Waals surface area (Å²) in [4.78, 5) is 32.5. The number of halogens is 1. The summed E-state index contributed by atoms with van der Waals surface area (Å²) in [6.07, 6.45) is 5.99. The fourth-order valence-electron chi connectivity index (χ4n) is 6.12. The monoisotopic (exact) mass is 513 g/mol. The van der Waals surface area contributed by atoms with Crippen molar-refractivity contribution in [2.45, 2.75) is 77.5 Å². The van der Waals surface area contributed by atoms with Crippen LogP contribution in [0.3, 0.4) is 0 Å². The number of amides is 1. The standard InChI is InChI=1S/C28H36ClN3O4/c1-28(2,3)22-23(31-15-19-14-21(29)30-16-20(19)33)24(17-10-6-4-7-11-17)32(25(22)27(35)36)26(34)18-12-8-5-9-13-18/h4,6-7,10-11,14,16,18,22-25,31,33H,5,8-9,12-13,15H2,1-3H3,(H,35,36)/t22-,23-,24-,25-/m1/s1. The molecule has 2 heterocycles. The molecule has 2 fully saturated rings. The van der Waals surface area contributed by atoms with Gasteiger partial charge in [0.15, 0.2) is 0 Å². The molecule has 2 aromatic rings. The third-order valence-electron chi connectivity index (χ3n) is 7.73. The van der Waals surface area contributed by atoms with Crippen molar-refractivity contribution in [3.8, 4) is 5.75 Å². The van der Waals surface area contributed by atoms with Gasteiger partial charge in [-0.15, -0.1) is 0 Å². The van der Waals surface area contributed by atoms with Gasteiger partial charge in [0.05, 0.1) is 12.2 Å². The minimum Gasteiger partial charge on any atom is -0.506 e. The molecular weight excluding hydrogens is 478 g/mol. The van der Waals surface area contributed by atoms with Gasteiger partial charge in [-0.25, -0.2) is 9.78 Å². The highest BCUT2D eigenvalue weighted by molar-refractivity contribution is 6.29. The van der Waals surface area contributed by atoms with Gasteiger partial charge in [-0.05, 0) is 29.9 Å². The van der Waals surface area contributed by atoms with E-state index in [2.05, 4.69) is 10.3 Å². The lowest BCUT2D eigenvalue weighted by Gasteiger charge is -2.36. The van der Waals surface area contributed by atoms with Crippen molar-refractivity contribution < 1.29 is 19.8 Å². The number of rotatable bonds is 6. The average molecular weight is 514 g/mol. The van der Waals surface area contributed by atoms with E-state index in [0.717, 1.165) is 37.7 Å². The van der Waals surface area contributed by atoms with Crippen LogP contribution in [0.15, 0.2) is 42.6 Å². The van der Waals surface area contributed by atoms with Gasteiger partial charge in [0.25, 0.3) is 0 Å². The molecule has 2 aliphatic rings. The van der Waals surface area contributed by atoms with Crippen LogP contribution in [0.1, 0.15) is 70.0 Å². The Morgan fingerprint density at radius 1 is 1.14 bits per heavy atom. The van der Waals surface area contributed by atoms with E-state index in [9.17, 15) is 19.8 Å². The first kappa shape index (κ1) is 26.4. The molecule has 1 amide bonds. The maximum absolute atomic E-state index is 14.1. The van der Waals surface area contributed by atoms with Crippen LogP contribution in [0.25, 0.3) is 0 Å². The lowest BCUT2D eigenvalue weighted by Crippen LogP contribution is -2.49. The molecule has 194 valence electrons. The summed E-state index contributed by atoms with van der Waals surface area (Å²) in [5, 5.41) is 24.7. The number of nitrogens with zero attached hydrogens (tertiary/aromatic N) is 2. The van der Waals surface area contributed by atoms with E-state index >= 15 is 0 Å².